The molecule has 1 amide bonds. The van der Waals surface area contributed by atoms with Crippen molar-refractivity contribution in [1.82, 2.24) is 20.1 Å². The van der Waals surface area contributed by atoms with E-state index in [1.165, 1.54) is 27.6 Å². The van der Waals surface area contributed by atoms with Crippen LogP contribution in [0.1, 0.15) is 80.5 Å². The maximum absolute atomic E-state index is 13.5. The van der Waals surface area contributed by atoms with Crippen molar-refractivity contribution in [3.63, 3.8) is 0 Å². The molecule has 352 valence electrons. The number of benzene rings is 2. The lowest BCUT2D eigenvalue weighted by Gasteiger charge is -2.54. The Labute approximate surface area is 393 Å². The van der Waals surface area contributed by atoms with E-state index >= 15 is 0 Å². The molecule has 2 saturated carbocycles. The average Bonchev–Trinajstić information content (AvgIpc) is 3.84. The number of amides is 1. The molecule has 2 heterocycles. The zero-order chi connectivity index (χ0) is 47.2. The number of nitrogens with zero attached hydrogens (tertiary/aromatic N) is 3. The Morgan fingerprint density at radius 1 is 0.896 bits per heavy atom. The lowest BCUT2D eigenvalue weighted by Crippen LogP contribution is -2.55. The number of hydrogen-bond acceptors (Lipinski definition) is 14. The van der Waals surface area contributed by atoms with Crippen LogP contribution in [0.15, 0.2) is 99.9 Å². The van der Waals surface area contributed by atoms with E-state index in [1.54, 1.807) is 31.5 Å². The van der Waals surface area contributed by atoms with E-state index in [9.17, 15) is 29.1 Å². The summed E-state index contributed by atoms with van der Waals surface area (Å²) >= 11 is 1.39. The van der Waals surface area contributed by atoms with Gasteiger partial charge in [-0.05, 0) is 111 Å². The summed E-state index contributed by atoms with van der Waals surface area (Å²) in [6, 6.07) is 18.4. The molecule has 0 radical (unpaired) electrons. The van der Waals surface area contributed by atoms with Gasteiger partial charge in [-0.25, -0.2) is 9.59 Å². The van der Waals surface area contributed by atoms with Crippen molar-refractivity contribution >= 4 is 64.5 Å². The number of ether oxygens (including phenoxy) is 5. The van der Waals surface area contributed by atoms with Gasteiger partial charge in [0.1, 0.15) is 18.8 Å². The first-order valence-corrected chi connectivity index (χ1v) is 23.6. The molecular weight excluding hydrogens is 877 g/mol. The van der Waals surface area contributed by atoms with Crippen molar-refractivity contribution in [1.29, 1.82) is 0 Å². The van der Waals surface area contributed by atoms with Crippen LogP contribution in [-0.4, -0.2) is 108 Å². The Balaban J connectivity index is 0.759. The van der Waals surface area contributed by atoms with E-state index in [2.05, 4.69) is 28.4 Å². The number of nitrogens with one attached hydrogen (secondary N) is 1. The molecule has 2 aromatic carbocycles. The van der Waals surface area contributed by atoms with Crippen LogP contribution in [0.3, 0.4) is 0 Å². The molecule has 16 heteroatoms. The van der Waals surface area contributed by atoms with Crippen LogP contribution >= 0.6 is 11.8 Å². The quantitative estimate of drug-likeness (QED) is 0.0587. The Hall–Kier alpha value is -5.94. The largest absolute Gasteiger partial charge is 0.508 e. The summed E-state index contributed by atoms with van der Waals surface area (Å²) in [6.45, 7) is 3.92. The van der Waals surface area contributed by atoms with Gasteiger partial charge in [-0.2, -0.15) is 9.78 Å². The van der Waals surface area contributed by atoms with E-state index in [1.807, 2.05) is 67.6 Å². The normalized spacial score (nSPS) is 24.3. The summed E-state index contributed by atoms with van der Waals surface area (Å²) < 4.78 is 28.1. The van der Waals surface area contributed by atoms with E-state index in [4.69, 9.17) is 23.7 Å². The second kappa shape index (κ2) is 20.5. The van der Waals surface area contributed by atoms with Gasteiger partial charge >= 0.3 is 12.2 Å². The van der Waals surface area contributed by atoms with Crippen LogP contribution in [0.25, 0.3) is 23.1 Å². The van der Waals surface area contributed by atoms with Crippen LogP contribution in [-0.2, 0) is 33.3 Å². The SMILES string of the molecule is CNC(=O)c1ccccc1Sc1ccc2c(/C=C/c3ccccn3)nn(C(=O)OCCOCCOCCOC(=O)OCC(=O)[C@@]3(O)CC[C@H]4[C@@H]5CCC6=CC(=O)CC[C@]6(C)C5=CC[C@@]43C)c2c1. The minimum Gasteiger partial charge on any atom is -0.445 e. The van der Waals surface area contributed by atoms with E-state index in [0.29, 0.717) is 47.8 Å². The van der Waals surface area contributed by atoms with Crippen molar-refractivity contribution in [2.75, 3.05) is 53.3 Å². The number of ketones is 2. The fourth-order valence-electron chi connectivity index (χ4n) is 10.5. The maximum atomic E-state index is 13.5. The first-order valence-electron chi connectivity index (χ1n) is 22.8. The van der Waals surface area contributed by atoms with Crippen LogP contribution in [0.5, 0.6) is 0 Å². The van der Waals surface area contributed by atoms with Crippen molar-refractivity contribution < 1.29 is 52.8 Å². The summed E-state index contributed by atoms with van der Waals surface area (Å²) in [6.07, 6.45) is 12.2. The molecule has 0 saturated heterocycles. The van der Waals surface area contributed by atoms with Crippen LogP contribution in [0.2, 0.25) is 0 Å². The fraction of sp³-hybridized carbons (Fsp3) is 0.431. The first kappa shape index (κ1) is 47.5. The molecule has 4 aromatic rings. The maximum Gasteiger partial charge on any atom is 0.508 e. The average molecular weight is 933 g/mol. The molecule has 2 aromatic heterocycles. The van der Waals surface area contributed by atoms with Crippen LogP contribution in [0, 0.1) is 22.7 Å². The molecular formula is C51H56N4O11S. The van der Waals surface area contributed by atoms with Crippen LogP contribution in [0.4, 0.5) is 9.59 Å². The third kappa shape index (κ3) is 9.89. The molecule has 2 fully saturated rings. The molecule has 4 aliphatic carbocycles. The van der Waals surface area contributed by atoms with Gasteiger partial charge in [-0.15, -0.1) is 0 Å². The van der Waals surface area contributed by atoms with Gasteiger partial charge in [0.2, 0.25) is 5.78 Å². The number of carbonyl (C=O) groups is 5. The first-order chi connectivity index (χ1) is 32.3. The highest BCUT2D eigenvalue weighted by Crippen LogP contribution is 2.65. The monoisotopic (exact) mass is 932 g/mol. The molecule has 5 atom stereocenters. The molecule has 67 heavy (non-hydrogen) atoms. The third-order valence-corrected chi connectivity index (χ3v) is 15.1. The number of carbonyl (C=O) groups excluding carboxylic acids is 5. The van der Waals surface area contributed by atoms with Gasteiger partial charge in [-0.3, -0.25) is 19.4 Å². The topological polar surface area (TPSA) is 194 Å². The van der Waals surface area contributed by atoms with E-state index in [-0.39, 0.29) is 68.6 Å². The molecule has 4 aliphatic rings. The number of allylic oxidation sites excluding steroid dienone is 4. The zero-order valence-corrected chi connectivity index (χ0v) is 38.8. The summed E-state index contributed by atoms with van der Waals surface area (Å²) in [5.41, 5.74) is 2.38. The van der Waals surface area contributed by atoms with Gasteiger partial charge in [0.15, 0.2) is 12.4 Å². The summed E-state index contributed by atoms with van der Waals surface area (Å²) in [7, 11) is 1.58. The van der Waals surface area contributed by atoms with Gasteiger partial charge in [0, 0.05) is 45.7 Å². The molecule has 0 aliphatic heterocycles. The van der Waals surface area contributed by atoms with Crippen molar-refractivity contribution in [2.45, 2.75) is 74.2 Å². The standard InChI is InChI=1S/C51H56N4O11S/c1-49-20-17-35(56)30-33(49)11-14-37-40(49)18-21-50(2)41(37)19-22-51(50,61)45(57)32-66-48(60)65-29-27-63-25-24-62-26-28-64-47(59)55-43-31-36(67-44-10-5-4-9-39(44)46(58)52-3)13-15-38(43)42(54-55)16-12-34-8-6-7-23-53-34/h4-10,12-13,15-16,18,23,30-31,37,41,61H,11,14,17,19-22,24-29,32H2,1-3H3,(H,52,58)/b16-12+/t37-,41+,49+,50+,51+/m1/s1. The molecule has 0 spiro atoms. The van der Waals surface area contributed by atoms with Crippen molar-refractivity contribution in [3.8, 4) is 0 Å². The van der Waals surface area contributed by atoms with Gasteiger partial charge in [-0.1, -0.05) is 61.0 Å². The van der Waals surface area contributed by atoms with Gasteiger partial charge < -0.3 is 34.1 Å². The highest BCUT2D eigenvalue weighted by Gasteiger charge is 2.64. The summed E-state index contributed by atoms with van der Waals surface area (Å²) in [5, 5.41) is 19.9. The Morgan fingerprint density at radius 3 is 2.43 bits per heavy atom. The third-order valence-electron chi connectivity index (χ3n) is 14.1. The Kier molecular flexibility index (Phi) is 14.6. The summed E-state index contributed by atoms with van der Waals surface area (Å²) in [4.78, 5) is 69.9. The minimum atomic E-state index is -1.64. The lowest BCUT2D eigenvalue weighted by molar-refractivity contribution is -0.156. The van der Waals surface area contributed by atoms with Gasteiger partial charge in [0.25, 0.3) is 5.91 Å². The van der Waals surface area contributed by atoms with Crippen LogP contribution < -0.4 is 5.32 Å². The predicted octanol–water partition coefficient (Wildman–Crippen LogP) is 8.04. The second-order valence-corrected chi connectivity index (χ2v) is 18.9. The smallest absolute Gasteiger partial charge is 0.445 e. The van der Waals surface area contributed by atoms with E-state index in [0.717, 1.165) is 34.7 Å². The molecule has 0 bridgehead atoms. The highest BCUT2D eigenvalue weighted by molar-refractivity contribution is 7.99. The molecule has 0 unspecified atom stereocenters. The molecule has 15 nitrogen and oxygen atoms in total. The number of hydrogen-bond donors (Lipinski definition) is 2. The number of aliphatic hydroxyl groups is 1. The van der Waals surface area contributed by atoms with Crippen molar-refractivity contribution in [2.24, 2.45) is 22.7 Å². The highest BCUT2D eigenvalue weighted by atomic mass is 32.2. The number of aromatic nitrogens is 3. The predicted molar refractivity (Wildman–Crippen MR) is 249 cm³/mol. The summed E-state index contributed by atoms with van der Waals surface area (Å²) in [5.74, 6) is -0.205. The fourth-order valence-corrected chi connectivity index (χ4v) is 11.4. The van der Waals surface area contributed by atoms with Crippen molar-refractivity contribution in [3.05, 3.63) is 107 Å². The number of fused-ring (bicyclic) bond motifs is 6. The molecule has 8 rings (SSSR count). The van der Waals surface area contributed by atoms with E-state index < -0.39 is 35.7 Å². The molecule has 2 N–H and O–H groups in total. The second-order valence-electron chi connectivity index (χ2n) is 17.8. The minimum absolute atomic E-state index is 0.0479. The zero-order valence-electron chi connectivity index (χ0n) is 38.0. The number of pyridine rings is 1. The number of rotatable bonds is 17. The van der Waals surface area contributed by atoms with Gasteiger partial charge in [0.05, 0.1) is 48.9 Å². The Morgan fingerprint density at radius 2 is 1.66 bits per heavy atom. The number of Topliss-reactive ketones (excluding diaryl/α,β-unsaturated/α-hetero) is 1. The lowest BCUT2D eigenvalue weighted by atomic mass is 9.50. The Bertz CT molecular complexity index is 2630.